The van der Waals surface area contributed by atoms with Gasteiger partial charge in [-0.15, -0.1) is 0 Å². The smallest absolute Gasteiger partial charge is 0.0594 e. The monoisotopic (exact) mass is 288 g/mol. The number of aryl methyl sites for hydroxylation is 1. The topological polar surface area (TPSA) is 15.7 Å². The summed E-state index contributed by atoms with van der Waals surface area (Å²) in [5.41, 5.74) is 2.89. The molecule has 1 aromatic carbocycles. The van der Waals surface area contributed by atoms with Crippen molar-refractivity contribution < 1.29 is 4.74 Å². The number of rotatable bonds is 4. The Kier molecular flexibility index (Phi) is 5.28. The quantitative estimate of drug-likeness (QED) is 0.847. The van der Waals surface area contributed by atoms with Crippen LogP contribution in [0, 0.1) is 0 Å². The highest BCUT2D eigenvalue weighted by atomic mass is 16.5. The van der Waals surface area contributed by atoms with Crippen LogP contribution in [0.4, 0.5) is 0 Å². The first-order valence-electron chi connectivity index (χ1n) is 8.47. The predicted octanol–water partition coefficient (Wildman–Crippen LogP) is 2.55. The number of ether oxygens (including phenoxy) is 1. The highest BCUT2D eigenvalue weighted by Gasteiger charge is 2.25. The summed E-state index contributed by atoms with van der Waals surface area (Å²) in [5.74, 6) is 0. The third-order valence-electron chi connectivity index (χ3n) is 4.96. The molecule has 3 rings (SSSR count). The Bertz CT molecular complexity index is 417. The fraction of sp³-hybridized carbons (Fsp3) is 0.667. The minimum Gasteiger partial charge on any atom is -0.379 e. The first-order chi connectivity index (χ1) is 10.3. The minimum absolute atomic E-state index is 0.785. The molecule has 3 nitrogen and oxygen atoms in total. The van der Waals surface area contributed by atoms with E-state index < -0.39 is 0 Å². The Labute approximate surface area is 128 Å². The predicted molar refractivity (Wildman–Crippen MR) is 86.5 cm³/mol. The Morgan fingerprint density at radius 1 is 0.952 bits per heavy atom. The zero-order valence-electron chi connectivity index (χ0n) is 13.3. The lowest BCUT2D eigenvalue weighted by molar-refractivity contribution is 0.000230. The van der Waals surface area contributed by atoms with E-state index in [0.717, 1.165) is 45.3 Å². The lowest BCUT2D eigenvalue weighted by Crippen LogP contribution is -2.48. The van der Waals surface area contributed by atoms with E-state index >= 15 is 0 Å². The third kappa shape index (κ3) is 4.06. The molecule has 0 atom stereocenters. The largest absolute Gasteiger partial charge is 0.379 e. The summed E-state index contributed by atoms with van der Waals surface area (Å²) in [7, 11) is 0. The number of likely N-dealkylation sites (tertiary alicyclic amines) is 1. The first-order valence-corrected chi connectivity index (χ1v) is 8.47. The summed E-state index contributed by atoms with van der Waals surface area (Å²) in [4.78, 5) is 5.24. The van der Waals surface area contributed by atoms with Crippen LogP contribution in [0.2, 0.25) is 0 Å². The van der Waals surface area contributed by atoms with Gasteiger partial charge in [-0.25, -0.2) is 0 Å². The summed E-state index contributed by atoms with van der Waals surface area (Å²) < 4.78 is 5.46. The Hall–Kier alpha value is -0.900. The van der Waals surface area contributed by atoms with E-state index in [0.29, 0.717) is 0 Å². The lowest BCUT2D eigenvalue weighted by atomic mass is 10.0. The van der Waals surface area contributed by atoms with Crippen LogP contribution in [0.3, 0.4) is 0 Å². The van der Waals surface area contributed by atoms with Crippen molar-refractivity contribution in [3.63, 3.8) is 0 Å². The second-order valence-electron chi connectivity index (χ2n) is 6.33. The van der Waals surface area contributed by atoms with Crippen molar-refractivity contribution in [1.29, 1.82) is 0 Å². The molecule has 2 saturated heterocycles. The van der Waals surface area contributed by atoms with Crippen molar-refractivity contribution in [2.24, 2.45) is 0 Å². The SMILES string of the molecule is CCc1ccc(CN2CCC(N3CCOCC3)CC2)cc1. The Balaban J connectivity index is 1.46. The molecule has 2 heterocycles. The fourth-order valence-corrected chi connectivity index (χ4v) is 3.52. The van der Waals surface area contributed by atoms with Crippen LogP contribution in [0.1, 0.15) is 30.9 Å². The third-order valence-corrected chi connectivity index (χ3v) is 4.96. The van der Waals surface area contributed by atoms with Crippen LogP contribution in [0.5, 0.6) is 0 Å². The molecule has 0 saturated carbocycles. The zero-order valence-corrected chi connectivity index (χ0v) is 13.3. The lowest BCUT2D eigenvalue weighted by Gasteiger charge is -2.40. The normalized spacial score (nSPS) is 22.5. The standard InChI is InChI=1S/C18H28N2O/c1-2-16-3-5-17(6-4-16)15-19-9-7-18(8-10-19)20-11-13-21-14-12-20/h3-6,18H,2,7-15H2,1H3. The number of piperidine rings is 1. The number of hydrogen-bond donors (Lipinski definition) is 0. The summed E-state index contributed by atoms with van der Waals surface area (Å²) in [6, 6.07) is 9.93. The molecule has 2 aliphatic heterocycles. The summed E-state index contributed by atoms with van der Waals surface area (Å²) in [5, 5.41) is 0. The zero-order chi connectivity index (χ0) is 14.5. The van der Waals surface area contributed by atoms with Crippen LogP contribution in [0.25, 0.3) is 0 Å². The number of morpholine rings is 1. The van der Waals surface area contributed by atoms with Crippen molar-refractivity contribution in [2.75, 3.05) is 39.4 Å². The van der Waals surface area contributed by atoms with Crippen molar-refractivity contribution in [3.8, 4) is 0 Å². The van der Waals surface area contributed by atoms with Crippen molar-refractivity contribution >= 4 is 0 Å². The van der Waals surface area contributed by atoms with Gasteiger partial charge < -0.3 is 4.74 Å². The Morgan fingerprint density at radius 3 is 2.19 bits per heavy atom. The maximum absolute atomic E-state index is 5.46. The van der Waals surface area contributed by atoms with E-state index in [1.807, 2.05) is 0 Å². The van der Waals surface area contributed by atoms with Gasteiger partial charge in [-0.1, -0.05) is 31.2 Å². The average Bonchev–Trinajstić information content (AvgIpc) is 2.57. The maximum atomic E-state index is 5.46. The minimum atomic E-state index is 0.785. The van der Waals surface area contributed by atoms with Gasteiger partial charge >= 0.3 is 0 Å². The molecule has 0 aromatic heterocycles. The molecule has 3 heteroatoms. The molecule has 2 aliphatic rings. The molecule has 0 aliphatic carbocycles. The van der Waals surface area contributed by atoms with Gasteiger partial charge in [-0.3, -0.25) is 9.80 Å². The molecule has 116 valence electrons. The fourth-order valence-electron chi connectivity index (χ4n) is 3.52. The average molecular weight is 288 g/mol. The summed E-state index contributed by atoms with van der Waals surface area (Å²) in [6.07, 6.45) is 3.76. The van der Waals surface area contributed by atoms with Gasteiger partial charge in [0, 0.05) is 25.7 Å². The molecule has 0 amide bonds. The molecule has 0 radical (unpaired) electrons. The molecule has 2 fully saturated rings. The molecule has 1 aromatic rings. The second-order valence-corrected chi connectivity index (χ2v) is 6.33. The van der Waals surface area contributed by atoms with Gasteiger partial charge in [0.25, 0.3) is 0 Å². The van der Waals surface area contributed by atoms with Crippen LogP contribution in [0.15, 0.2) is 24.3 Å². The molecule has 0 spiro atoms. The van der Waals surface area contributed by atoms with Crippen LogP contribution < -0.4 is 0 Å². The number of nitrogens with zero attached hydrogens (tertiary/aromatic N) is 2. The van der Waals surface area contributed by atoms with Gasteiger partial charge in [0.05, 0.1) is 13.2 Å². The molecule has 0 unspecified atom stereocenters. The van der Waals surface area contributed by atoms with Crippen LogP contribution in [-0.2, 0) is 17.7 Å². The van der Waals surface area contributed by atoms with Crippen LogP contribution >= 0.6 is 0 Å². The van der Waals surface area contributed by atoms with E-state index in [1.165, 1.54) is 37.1 Å². The van der Waals surface area contributed by atoms with Gasteiger partial charge in [-0.2, -0.15) is 0 Å². The van der Waals surface area contributed by atoms with Crippen molar-refractivity contribution in [1.82, 2.24) is 9.80 Å². The van der Waals surface area contributed by atoms with Crippen molar-refractivity contribution in [2.45, 2.75) is 38.8 Å². The molecule has 0 bridgehead atoms. The molecular weight excluding hydrogens is 260 g/mol. The highest BCUT2D eigenvalue weighted by molar-refractivity contribution is 5.22. The van der Waals surface area contributed by atoms with Crippen LogP contribution in [-0.4, -0.2) is 55.2 Å². The second kappa shape index (κ2) is 7.39. The summed E-state index contributed by atoms with van der Waals surface area (Å²) in [6.45, 7) is 9.89. The molecule has 0 N–H and O–H groups in total. The highest BCUT2D eigenvalue weighted by Crippen LogP contribution is 2.19. The van der Waals surface area contributed by atoms with Gasteiger partial charge in [0.2, 0.25) is 0 Å². The number of benzene rings is 1. The molecular formula is C18H28N2O. The van der Waals surface area contributed by atoms with Gasteiger partial charge in [0.15, 0.2) is 0 Å². The van der Waals surface area contributed by atoms with Crippen molar-refractivity contribution in [3.05, 3.63) is 35.4 Å². The first kappa shape index (κ1) is 15.0. The van der Waals surface area contributed by atoms with Gasteiger partial charge in [0.1, 0.15) is 0 Å². The van der Waals surface area contributed by atoms with E-state index in [1.54, 1.807) is 0 Å². The van der Waals surface area contributed by atoms with E-state index in [9.17, 15) is 0 Å². The summed E-state index contributed by atoms with van der Waals surface area (Å²) >= 11 is 0. The maximum Gasteiger partial charge on any atom is 0.0594 e. The number of hydrogen-bond acceptors (Lipinski definition) is 3. The van der Waals surface area contributed by atoms with Gasteiger partial charge in [-0.05, 0) is 43.5 Å². The van der Waals surface area contributed by atoms with E-state index in [2.05, 4.69) is 41.0 Å². The Morgan fingerprint density at radius 2 is 1.57 bits per heavy atom. The van der Waals surface area contributed by atoms with E-state index in [-0.39, 0.29) is 0 Å². The molecule has 21 heavy (non-hydrogen) atoms. The van der Waals surface area contributed by atoms with E-state index in [4.69, 9.17) is 4.74 Å².